The van der Waals surface area contributed by atoms with Crippen molar-refractivity contribution in [1.82, 2.24) is 10.2 Å². The summed E-state index contributed by atoms with van der Waals surface area (Å²) in [6.07, 6.45) is 0.198. The Balaban J connectivity index is 1.47. The zero-order valence-electron chi connectivity index (χ0n) is 16.7. The maximum absolute atomic E-state index is 12.8. The molecule has 2 heterocycles. The van der Waals surface area contributed by atoms with Gasteiger partial charge in [-0.05, 0) is 30.2 Å². The van der Waals surface area contributed by atoms with Crippen molar-refractivity contribution in [2.45, 2.75) is 18.9 Å². The zero-order valence-corrected chi connectivity index (χ0v) is 16.7. The molecule has 1 unspecified atom stereocenters. The van der Waals surface area contributed by atoms with Gasteiger partial charge in [0.25, 0.3) is 11.8 Å². The van der Waals surface area contributed by atoms with E-state index < -0.39 is 29.7 Å². The molecule has 2 aliphatic heterocycles. The predicted octanol–water partition coefficient (Wildman–Crippen LogP) is 0.843. The van der Waals surface area contributed by atoms with Crippen LogP contribution < -0.4 is 10.6 Å². The third kappa shape index (κ3) is 5.37. The van der Waals surface area contributed by atoms with Crippen LogP contribution in [0.5, 0.6) is 0 Å². The Morgan fingerprint density at radius 2 is 1.84 bits per heavy atom. The van der Waals surface area contributed by atoms with Crippen molar-refractivity contribution in [3.05, 3.63) is 39.8 Å². The molecule has 3 rings (SSSR count). The minimum absolute atomic E-state index is 0.0788. The molecule has 2 N–H and O–H groups in total. The standard InChI is InChI=1S/C19H22N6O6/c20-24-22-6-8-31-10-9-30-7-5-21-12-1-2-13-14(11-12)19(29)25(18(13)28)15-3-4-16(26)23-17(15)27/h1-2,11,15,21H,3-10H2,(H,23,26,27). The number of carbonyl (C=O) groups excluding carboxylic acids is 4. The number of anilines is 1. The van der Waals surface area contributed by atoms with Gasteiger partial charge in [-0.15, -0.1) is 0 Å². The van der Waals surface area contributed by atoms with E-state index in [0.29, 0.717) is 38.7 Å². The van der Waals surface area contributed by atoms with Gasteiger partial charge in [0.1, 0.15) is 6.04 Å². The third-order valence-electron chi connectivity index (χ3n) is 4.79. The molecule has 164 valence electrons. The molecule has 0 spiro atoms. The van der Waals surface area contributed by atoms with Crippen molar-refractivity contribution >= 4 is 29.3 Å². The first kappa shape index (κ1) is 22.2. The number of fused-ring (bicyclic) bond motifs is 1. The number of nitrogens with one attached hydrogen (secondary N) is 2. The van der Waals surface area contributed by atoms with Crippen LogP contribution in [-0.4, -0.2) is 74.1 Å². The minimum atomic E-state index is -0.983. The van der Waals surface area contributed by atoms with Gasteiger partial charge >= 0.3 is 0 Å². The minimum Gasteiger partial charge on any atom is -0.383 e. The summed E-state index contributed by atoms with van der Waals surface area (Å²) in [4.78, 5) is 52.4. The van der Waals surface area contributed by atoms with Crippen molar-refractivity contribution in [1.29, 1.82) is 0 Å². The van der Waals surface area contributed by atoms with Gasteiger partial charge in [-0.25, -0.2) is 0 Å². The molecule has 4 amide bonds. The molecule has 0 aromatic heterocycles. The molecule has 1 aromatic carbocycles. The van der Waals surface area contributed by atoms with E-state index in [4.69, 9.17) is 15.0 Å². The van der Waals surface area contributed by atoms with Gasteiger partial charge in [-0.2, -0.15) is 0 Å². The van der Waals surface area contributed by atoms with E-state index in [1.54, 1.807) is 18.2 Å². The fraction of sp³-hybridized carbons (Fsp3) is 0.474. The van der Waals surface area contributed by atoms with Crippen LogP contribution in [0.1, 0.15) is 33.6 Å². The van der Waals surface area contributed by atoms with E-state index >= 15 is 0 Å². The highest BCUT2D eigenvalue weighted by molar-refractivity contribution is 6.23. The lowest BCUT2D eigenvalue weighted by atomic mass is 10.0. The number of nitrogens with zero attached hydrogens (tertiary/aromatic N) is 4. The highest BCUT2D eigenvalue weighted by Gasteiger charge is 2.44. The molecule has 2 aliphatic rings. The fourth-order valence-electron chi connectivity index (χ4n) is 3.32. The van der Waals surface area contributed by atoms with Crippen molar-refractivity contribution in [3.8, 4) is 0 Å². The number of amides is 4. The van der Waals surface area contributed by atoms with Crippen LogP contribution in [-0.2, 0) is 19.1 Å². The fourth-order valence-corrected chi connectivity index (χ4v) is 3.32. The second-order valence-electron chi connectivity index (χ2n) is 6.81. The maximum atomic E-state index is 12.8. The molecule has 12 heteroatoms. The maximum Gasteiger partial charge on any atom is 0.262 e. The normalized spacial score (nSPS) is 17.9. The first-order valence-corrected chi connectivity index (χ1v) is 9.78. The summed E-state index contributed by atoms with van der Waals surface area (Å²) >= 11 is 0. The van der Waals surface area contributed by atoms with E-state index in [9.17, 15) is 19.2 Å². The topological polar surface area (TPSA) is 163 Å². The van der Waals surface area contributed by atoms with Crippen LogP contribution in [0.4, 0.5) is 5.69 Å². The summed E-state index contributed by atoms with van der Waals surface area (Å²) in [6.45, 7) is 2.24. The molecule has 0 radical (unpaired) electrons. The van der Waals surface area contributed by atoms with E-state index in [-0.39, 0.29) is 30.5 Å². The monoisotopic (exact) mass is 430 g/mol. The van der Waals surface area contributed by atoms with Crippen LogP contribution in [0, 0.1) is 0 Å². The van der Waals surface area contributed by atoms with Gasteiger partial charge < -0.3 is 14.8 Å². The molecule has 31 heavy (non-hydrogen) atoms. The smallest absolute Gasteiger partial charge is 0.262 e. The van der Waals surface area contributed by atoms with E-state index in [2.05, 4.69) is 20.7 Å². The Bertz CT molecular complexity index is 928. The molecule has 1 saturated heterocycles. The van der Waals surface area contributed by atoms with Crippen molar-refractivity contribution in [2.24, 2.45) is 5.11 Å². The van der Waals surface area contributed by atoms with Crippen molar-refractivity contribution < 1.29 is 28.7 Å². The number of hydrogen-bond donors (Lipinski definition) is 2. The number of piperidine rings is 1. The Morgan fingerprint density at radius 1 is 1.10 bits per heavy atom. The van der Waals surface area contributed by atoms with Crippen molar-refractivity contribution in [2.75, 3.05) is 44.8 Å². The molecule has 1 atom stereocenters. The average Bonchev–Trinajstić information content (AvgIpc) is 2.99. The van der Waals surface area contributed by atoms with Crippen LogP contribution >= 0.6 is 0 Å². The highest BCUT2D eigenvalue weighted by Crippen LogP contribution is 2.29. The van der Waals surface area contributed by atoms with E-state index in [0.717, 1.165) is 4.90 Å². The Kier molecular flexibility index (Phi) is 7.55. The summed E-state index contributed by atoms with van der Waals surface area (Å²) < 4.78 is 10.6. The number of rotatable bonds is 11. The van der Waals surface area contributed by atoms with Gasteiger partial charge in [0.05, 0.1) is 37.6 Å². The first-order chi connectivity index (χ1) is 15.0. The lowest BCUT2D eigenvalue weighted by molar-refractivity contribution is -0.136. The van der Waals surface area contributed by atoms with Crippen LogP contribution in [0.3, 0.4) is 0 Å². The largest absolute Gasteiger partial charge is 0.383 e. The summed E-state index contributed by atoms with van der Waals surface area (Å²) in [5.41, 5.74) is 9.22. The molecule has 1 aromatic rings. The summed E-state index contributed by atoms with van der Waals surface area (Å²) in [5.74, 6) is -2.13. The number of benzene rings is 1. The molecule has 12 nitrogen and oxygen atoms in total. The van der Waals surface area contributed by atoms with Crippen LogP contribution in [0.2, 0.25) is 0 Å². The van der Waals surface area contributed by atoms with Gasteiger partial charge in [-0.3, -0.25) is 29.4 Å². The molecule has 1 fully saturated rings. The van der Waals surface area contributed by atoms with E-state index in [1.807, 2.05) is 0 Å². The van der Waals surface area contributed by atoms with Crippen molar-refractivity contribution in [3.63, 3.8) is 0 Å². The predicted molar refractivity (Wildman–Crippen MR) is 107 cm³/mol. The number of imide groups is 2. The highest BCUT2D eigenvalue weighted by atomic mass is 16.5. The Hall–Kier alpha value is -3.47. The van der Waals surface area contributed by atoms with E-state index in [1.165, 1.54) is 0 Å². The van der Waals surface area contributed by atoms with Crippen LogP contribution in [0.25, 0.3) is 10.4 Å². The Morgan fingerprint density at radius 3 is 2.58 bits per heavy atom. The first-order valence-electron chi connectivity index (χ1n) is 9.78. The van der Waals surface area contributed by atoms with Gasteiger partial charge in [0, 0.05) is 30.1 Å². The number of hydrogen-bond acceptors (Lipinski definition) is 8. The zero-order chi connectivity index (χ0) is 22.2. The number of ether oxygens (including phenoxy) is 2. The summed E-state index contributed by atoms with van der Waals surface area (Å²) in [7, 11) is 0. The second-order valence-corrected chi connectivity index (χ2v) is 6.81. The lowest BCUT2D eigenvalue weighted by Gasteiger charge is -2.27. The quantitative estimate of drug-likeness (QED) is 0.173. The number of carbonyl (C=O) groups is 4. The lowest BCUT2D eigenvalue weighted by Crippen LogP contribution is -2.54. The van der Waals surface area contributed by atoms with Gasteiger partial charge in [0.15, 0.2) is 0 Å². The average molecular weight is 430 g/mol. The molecule has 0 bridgehead atoms. The summed E-state index contributed by atoms with van der Waals surface area (Å²) in [6, 6.07) is 3.81. The SMILES string of the molecule is [N-]=[N+]=NCCOCCOCCNc1ccc2c(c1)C(=O)N(C1CCC(=O)NC1=O)C2=O. The molecular weight excluding hydrogens is 408 g/mol. The number of azide groups is 1. The summed E-state index contributed by atoms with van der Waals surface area (Å²) in [5, 5.41) is 8.63. The third-order valence-corrected chi connectivity index (χ3v) is 4.79. The molecular formula is C19H22N6O6. The van der Waals surface area contributed by atoms with Gasteiger partial charge in [-0.1, -0.05) is 5.11 Å². The van der Waals surface area contributed by atoms with Crippen LogP contribution in [0.15, 0.2) is 23.3 Å². The second kappa shape index (κ2) is 10.5. The molecule has 0 saturated carbocycles. The Labute approximate surface area is 177 Å². The molecule has 0 aliphatic carbocycles. The van der Waals surface area contributed by atoms with Gasteiger partial charge in [0.2, 0.25) is 11.8 Å².